The third-order valence-corrected chi connectivity index (χ3v) is 3.02. The Kier molecular flexibility index (Phi) is 4.57. The summed E-state index contributed by atoms with van der Waals surface area (Å²) < 4.78 is 18.6. The van der Waals surface area contributed by atoms with Crippen molar-refractivity contribution in [2.45, 2.75) is 0 Å². The fraction of sp³-hybridized carbons (Fsp3) is 0.0714. The van der Waals surface area contributed by atoms with E-state index in [0.29, 0.717) is 17.0 Å². The Hall–Kier alpha value is -2.08. The van der Waals surface area contributed by atoms with Gasteiger partial charge in [-0.05, 0) is 41.6 Å². The van der Waals surface area contributed by atoms with Crippen LogP contribution in [0.15, 0.2) is 51.0 Å². The second kappa shape index (κ2) is 6.38. The van der Waals surface area contributed by atoms with Gasteiger partial charge in [-0.3, -0.25) is 4.99 Å². The van der Waals surface area contributed by atoms with Crippen molar-refractivity contribution in [1.29, 1.82) is 0 Å². The second-order valence-electron chi connectivity index (χ2n) is 3.87. The molecule has 0 saturated heterocycles. The predicted octanol–water partition coefficient (Wildman–Crippen LogP) is 4.75. The molecule has 0 fully saturated rings. The quantitative estimate of drug-likeness (QED) is 0.597. The van der Waals surface area contributed by atoms with Crippen LogP contribution in [0.2, 0.25) is 0 Å². The van der Waals surface area contributed by atoms with Crippen LogP contribution in [0.1, 0.15) is 5.56 Å². The highest BCUT2D eigenvalue weighted by atomic mass is 79.9. The summed E-state index contributed by atoms with van der Waals surface area (Å²) in [6.07, 6.45) is 1.48. The maximum absolute atomic E-state index is 12.8. The molecule has 0 atom stereocenters. The molecule has 102 valence electrons. The molecule has 6 heteroatoms. The van der Waals surface area contributed by atoms with Gasteiger partial charge in [-0.15, -0.1) is 4.91 Å². The first kappa shape index (κ1) is 14.3. The summed E-state index contributed by atoms with van der Waals surface area (Å²) in [6, 6.07) is 9.04. The van der Waals surface area contributed by atoms with Crippen molar-refractivity contribution in [3.8, 4) is 5.75 Å². The normalized spacial score (nSPS) is 10.8. The number of benzene rings is 2. The Morgan fingerprint density at radius 2 is 1.95 bits per heavy atom. The molecule has 0 saturated carbocycles. The van der Waals surface area contributed by atoms with E-state index in [-0.39, 0.29) is 11.5 Å². The molecule has 0 unspecified atom stereocenters. The Labute approximate surface area is 123 Å². The zero-order chi connectivity index (χ0) is 14.5. The van der Waals surface area contributed by atoms with Crippen LogP contribution in [-0.4, -0.2) is 13.3 Å². The van der Waals surface area contributed by atoms with Gasteiger partial charge in [0.05, 0.1) is 12.8 Å². The summed E-state index contributed by atoms with van der Waals surface area (Å²) >= 11 is 3.32. The van der Waals surface area contributed by atoms with Gasteiger partial charge in [-0.1, -0.05) is 15.9 Å². The molecule has 0 spiro atoms. The number of aliphatic imine (C=N–C) groups is 1. The van der Waals surface area contributed by atoms with Gasteiger partial charge in [-0.25, -0.2) is 4.39 Å². The molecule has 2 rings (SSSR count). The molecule has 0 N–H and O–H groups in total. The summed E-state index contributed by atoms with van der Waals surface area (Å²) in [6.45, 7) is 0. The van der Waals surface area contributed by atoms with E-state index in [2.05, 4.69) is 26.1 Å². The second-order valence-corrected chi connectivity index (χ2v) is 4.79. The first-order valence-electron chi connectivity index (χ1n) is 5.64. The third-order valence-electron chi connectivity index (χ3n) is 2.56. The molecule has 0 amide bonds. The lowest BCUT2D eigenvalue weighted by atomic mass is 10.2. The summed E-state index contributed by atoms with van der Waals surface area (Å²) in [5.41, 5.74) is 1.25. The van der Waals surface area contributed by atoms with Gasteiger partial charge in [0, 0.05) is 16.3 Å². The molecule has 4 nitrogen and oxygen atoms in total. The van der Waals surface area contributed by atoms with Crippen molar-refractivity contribution in [3.05, 3.63) is 57.2 Å². The Morgan fingerprint density at radius 1 is 1.25 bits per heavy atom. The molecule has 0 aliphatic carbocycles. The monoisotopic (exact) mass is 336 g/mol. The first-order valence-corrected chi connectivity index (χ1v) is 6.44. The highest BCUT2D eigenvalue weighted by Crippen LogP contribution is 2.34. The predicted molar refractivity (Wildman–Crippen MR) is 79.8 cm³/mol. The van der Waals surface area contributed by atoms with Crippen LogP contribution in [0.4, 0.5) is 15.8 Å². The van der Waals surface area contributed by atoms with Crippen LogP contribution in [0.25, 0.3) is 0 Å². The van der Waals surface area contributed by atoms with Gasteiger partial charge < -0.3 is 4.74 Å². The van der Waals surface area contributed by atoms with E-state index in [1.165, 1.54) is 37.6 Å². The topological polar surface area (TPSA) is 51.0 Å². The van der Waals surface area contributed by atoms with Crippen molar-refractivity contribution < 1.29 is 9.13 Å². The number of hydrogen-bond acceptors (Lipinski definition) is 4. The molecule has 20 heavy (non-hydrogen) atoms. The number of ether oxygens (including phenoxy) is 1. The molecular formula is C14H10BrFN2O2. The van der Waals surface area contributed by atoms with Gasteiger partial charge in [0.25, 0.3) is 0 Å². The van der Waals surface area contributed by atoms with E-state index >= 15 is 0 Å². The van der Waals surface area contributed by atoms with Gasteiger partial charge in [0.2, 0.25) is 0 Å². The van der Waals surface area contributed by atoms with Crippen molar-refractivity contribution in [1.82, 2.24) is 0 Å². The first-order chi connectivity index (χ1) is 9.63. The number of hydrogen-bond donors (Lipinski definition) is 0. The van der Waals surface area contributed by atoms with E-state index in [1.54, 1.807) is 12.1 Å². The van der Waals surface area contributed by atoms with Crippen molar-refractivity contribution in [2.24, 2.45) is 10.2 Å². The van der Waals surface area contributed by atoms with Gasteiger partial charge >= 0.3 is 0 Å². The molecule has 0 bridgehead atoms. The lowest BCUT2D eigenvalue weighted by molar-refractivity contribution is 0.416. The zero-order valence-corrected chi connectivity index (χ0v) is 12.1. The van der Waals surface area contributed by atoms with Crippen LogP contribution in [0.3, 0.4) is 0 Å². The van der Waals surface area contributed by atoms with Crippen LogP contribution in [0, 0.1) is 10.7 Å². The maximum atomic E-state index is 12.8. The SMILES string of the molecule is COc1cc(Br)cc(C=Nc2ccc(F)cc2)c1N=O. The zero-order valence-electron chi connectivity index (χ0n) is 10.5. The van der Waals surface area contributed by atoms with Crippen molar-refractivity contribution in [2.75, 3.05) is 7.11 Å². The fourth-order valence-electron chi connectivity index (χ4n) is 1.62. The molecule has 0 aromatic heterocycles. The smallest absolute Gasteiger partial charge is 0.158 e. The number of nitroso groups, excluding NO2 is 1. The largest absolute Gasteiger partial charge is 0.494 e. The van der Waals surface area contributed by atoms with E-state index in [0.717, 1.165) is 4.47 Å². The van der Waals surface area contributed by atoms with Crippen LogP contribution in [-0.2, 0) is 0 Å². The van der Waals surface area contributed by atoms with Gasteiger partial charge in [-0.2, -0.15) is 0 Å². The summed E-state index contributed by atoms with van der Waals surface area (Å²) in [4.78, 5) is 15.1. The van der Waals surface area contributed by atoms with Crippen molar-refractivity contribution in [3.63, 3.8) is 0 Å². The number of rotatable bonds is 4. The van der Waals surface area contributed by atoms with E-state index < -0.39 is 0 Å². The van der Waals surface area contributed by atoms with Crippen LogP contribution < -0.4 is 4.74 Å². The average molecular weight is 337 g/mol. The molecule has 0 heterocycles. The molecule has 2 aromatic rings. The van der Waals surface area contributed by atoms with Gasteiger partial charge in [0.1, 0.15) is 11.6 Å². The number of nitrogens with zero attached hydrogens (tertiary/aromatic N) is 2. The molecular weight excluding hydrogens is 327 g/mol. The number of methoxy groups -OCH3 is 1. The summed E-state index contributed by atoms with van der Waals surface area (Å²) in [5.74, 6) is 0.0262. The Morgan fingerprint density at radius 3 is 2.55 bits per heavy atom. The summed E-state index contributed by atoms with van der Waals surface area (Å²) in [5, 5.41) is 2.96. The van der Waals surface area contributed by atoms with E-state index in [9.17, 15) is 9.30 Å². The average Bonchev–Trinajstić information content (AvgIpc) is 2.46. The summed E-state index contributed by atoms with van der Waals surface area (Å²) in [7, 11) is 1.46. The minimum atomic E-state index is -0.330. The van der Waals surface area contributed by atoms with E-state index in [1.807, 2.05) is 0 Å². The Balaban J connectivity index is 2.39. The highest BCUT2D eigenvalue weighted by Gasteiger charge is 2.10. The molecule has 2 aromatic carbocycles. The minimum absolute atomic E-state index is 0.168. The maximum Gasteiger partial charge on any atom is 0.158 e. The lowest BCUT2D eigenvalue weighted by Gasteiger charge is -2.06. The minimum Gasteiger partial charge on any atom is -0.494 e. The third kappa shape index (κ3) is 3.27. The molecule has 0 radical (unpaired) electrons. The van der Waals surface area contributed by atoms with Crippen LogP contribution >= 0.6 is 15.9 Å². The standard InChI is InChI=1S/C14H10BrFN2O2/c1-20-13-7-10(15)6-9(14(13)18-19)8-17-12-4-2-11(16)3-5-12/h2-8H,1H3. The lowest BCUT2D eigenvalue weighted by Crippen LogP contribution is -1.89. The van der Waals surface area contributed by atoms with E-state index in [4.69, 9.17) is 4.74 Å². The highest BCUT2D eigenvalue weighted by molar-refractivity contribution is 9.10. The number of halogens is 2. The fourth-order valence-corrected chi connectivity index (χ4v) is 2.07. The molecule has 0 aliphatic rings. The van der Waals surface area contributed by atoms with Crippen LogP contribution in [0.5, 0.6) is 5.75 Å². The Bertz CT molecular complexity index is 657. The van der Waals surface area contributed by atoms with Gasteiger partial charge in [0.15, 0.2) is 5.69 Å². The molecule has 0 aliphatic heterocycles. The van der Waals surface area contributed by atoms with Crippen molar-refractivity contribution >= 4 is 33.5 Å².